The topological polar surface area (TPSA) is 67.1 Å². The largest absolute Gasteiger partial charge is 0.341 e. The monoisotopic (exact) mass is 349 g/mol. The standard InChI is InChI=1S/C9H10.C7H17N.C5H12N2O/c1-2-4-8(5-3-1)9-6-7-9;1-3-5-7(8)6-4-2;1-3-4-7-5(8)6-2/h1-5,9H,6-7H2;7H,3-6,8H2,1-2H3;3-4H2,1-2H3,(H2,6,7,8). The van der Waals surface area contributed by atoms with E-state index in [9.17, 15) is 4.79 Å². The molecule has 0 atom stereocenters. The molecule has 2 rings (SSSR count). The lowest BCUT2D eigenvalue weighted by Crippen LogP contribution is -2.32. The molecule has 0 bridgehead atoms. The van der Waals surface area contributed by atoms with E-state index in [2.05, 4.69) is 54.8 Å². The van der Waals surface area contributed by atoms with Gasteiger partial charge in [0.1, 0.15) is 0 Å². The van der Waals surface area contributed by atoms with E-state index in [1.807, 2.05) is 6.92 Å². The van der Waals surface area contributed by atoms with Crippen LogP contribution in [-0.2, 0) is 0 Å². The first kappa shape index (κ1) is 23.4. The summed E-state index contributed by atoms with van der Waals surface area (Å²) in [6.45, 7) is 7.11. The first-order chi connectivity index (χ1) is 12.1. The van der Waals surface area contributed by atoms with E-state index < -0.39 is 0 Å². The Bertz CT molecular complexity index is 412. The zero-order chi connectivity index (χ0) is 18.9. The maximum atomic E-state index is 10.3. The molecule has 1 aliphatic carbocycles. The summed E-state index contributed by atoms with van der Waals surface area (Å²) in [5.74, 6) is 0.909. The Kier molecular flexibility index (Phi) is 15.0. The molecule has 0 radical (unpaired) electrons. The van der Waals surface area contributed by atoms with E-state index in [-0.39, 0.29) is 6.03 Å². The number of amides is 2. The van der Waals surface area contributed by atoms with Gasteiger partial charge in [-0.25, -0.2) is 4.79 Å². The van der Waals surface area contributed by atoms with Crippen LogP contribution in [0.5, 0.6) is 0 Å². The van der Waals surface area contributed by atoms with Crippen LogP contribution in [-0.4, -0.2) is 25.7 Å². The molecule has 1 aromatic rings. The van der Waals surface area contributed by atoms with E-state index >= 15 is 0 Å². The van der Waals surface area contributed by atoms with E-state index in [1.165, 1.54) is 44.1 Å². The quantitative estimate of drug-likeness (QED) is 0.661. The van der Waals surface area contributed by atoms with Crippen LogP contribution in [0.25, 0.3) is 0 Å². The summed E-state index contributed by atoms with van der Waals surface area (Å²) in [5.41, 5.74) is 7.22. The van der Waals surface area contributed by atoms with Gasteiger partial charge in [0.25, 0.3) is 0 Å². The van der Waals surface area contributed by atoms with Gasteiger partial charge in [-0.2, -0.15) is 0 Å². The molecule has 1 saturated carbocycles. The zero-order valence-corrected chi connectivity index (χ0v) is 16.7. The highest BCUT2D eigenvalue weighted by Gasteiger charge is 2.22. The minimum Gasteiger partial charge on any atom is -0.341 e. The first-order valence-corrected chi connectivity index (χ1v) is 9.84. The third-order valence-electron chi connectivity index (χ3n) is 3.93. The van der Waals surface area contributed by atoms with Crippen molar-refractivity contribution in [3.63, 3.8) is 0 Å². The molecule has 4 nitrogen and oxygen atoms in total. The number of hydrogen-bond donors (Lipinski definition) is 3. The number of rotatable bonds is 7. The lowest BCUT2D eigenvalue weighted by Gasteiger charge is -2.05. The van der Waals surface area contributed by atoms with Gasteiger partial charge in [-0.1, -0.05) is 63.9 Å². The van der Waals surface area contributed by atoms with Crippen molar-refractivity contribution >= 4 is 6.03 Å². The lowest BCUT2D eigenvalue weighted by molar-refractivity contribution is 0.243. The molecule has 144 valence electrons. The molecule has 0 spiro atoms. The summed E-state index contributed by atoms with van der Waals surface area (Å²) in [5, 5.41) is 5.08. The van der Waals surface area contributed by atoms with Crippen molar-refractivity contribution < 1.29 is 4.79 Å². The van der Waals surface area contributed by atoms with Crippen LogP contribution in [0.2, 0.25) is 0 Å². The van der Waals surface area contributed by atoms with Gasteiger partial charge in [0.05, 0.1) is 0 Å². The molecule has 4 heteroatoms. The number of carbonyl (C=O) groups excluding carboxylic acids is 1. The molecular formula is C21H39N3O. The fourth-order valence-corrected chi connectivity index (χ4v) is 2.35. The second kappa shape index (κ2) is 15.9. The van der Waals surface area contributed by atoms with Crippen molar-refractivity contribution in [3.8, 4) is 0 Å². The Balaban J connectivity index is 0.000000348. The fraction of sp³-hybridized carbons (Fsp3) is 0.667. The van der Waals surface area contributed by atoms with Crippen molar-refractivity contribution in [1.82, 2.24) is 10.6 Å². The number of urea groups is 1. The van der Waals surface area contributed by atoms with E-state index in [0.29, 0.717) is 6.04 Å². The van der Waals surface area contributed by atoms with Crippen LogP contribution >= 0.6 is 0 Å². The summed E-state index contributed by atoms with van der Waals surface area (Å²) < 4.78 is 0. The highest BCUT2D eigenvalue weighted by Crippen LogP contribution is 2.39. The molecular weight excluding hydrogens is 310 g/mol. The van der Waals surface area contributed by atoms with Gasteiger partial charge in [-0.05, 0) is 43.6 Å². The van der Waals surface area contributed by atoms with Crippen molar-refractivity contribution in [2.45, 2.75) is 77.7 Å². The normalized spacial score (nSPS) is 12.4. The number of nitrogens with two attached hydrogens (primary N) is 1. The number of carbonyl (C=O) groups is 1. The average Bonchev–Trinajstić information content (AvgIpc) is 3.47. The van der Waals surface area contributed by atoms with Crippen LogP contribution in [0.3, 0.4) is 0 Å². The zero-order valence-electron chi connectivity index (χ0n) is 16.7. The van der Waals surface area contributed by atoms with Crippen LogP contribution in [0, 0.1) is 0 Å². The van der Waals surface area contributed by atoms with Gasteiger partial charge < -0.3 is 16.4 Å². The maximum Gasteiger partial charge on any atom is 0.314 e. The lowest BCUT2D eigenvalue weighted by atomic mass is 10.1. The van der Waals surface area contributed by atoms with Crippen molar-refractivity contribution in [1.29, 1.82) is 0 Å². The Morgan fingerprint density at radius 1 is 1.08 bits per heavy atom. The van der Waals surface area contributed by atoms with Crippen LogP contribution in [0.4, 0.5) is 4.79 Å². The highest BCUT2D eigenvalue weighted by atomic mass is 16.2. The van der Waals surface area contributed by atoms with Gasteiger partial charge in [0.15, 0.2) is 0 Å². The highest BCUT2D eigenvalue weighted by molar-refractivity contribution is 5.73. The summed E-state index contributed by atoms with van der Waals surface area (Å²) in [6.07, 6.45) is 8.62. The summed E-state index contributed by atoms with van der Waals surface area (Å²) in [6, 6.07) is 11.1. The van der Waals surface area contributed by atoms with Crippen molar-refractivity contribution in [2.75, 3.05) is 13.6 Å². The molecule has 0 heterocycles. The summed E-state index contributed by atoms with van der Waals surface area (Å²) in [7, 11) is 1.60. The SMILES string of the molecule is CCCC(N)CCC.CCCNC(=O)NC.c1ccc(C2CC2)cc1. The maximum absolute atomic E-state index is 10.3. The number of benzene rings is 1. The summed E-state index contributed by atoms with van der Waals surface area (Å²) >= 11 is 0. The molecule has 0 unspecified atom stereocenters. The van der Waals surface area contributed by atoms with Crippen LogP contribution in [0.15, 0.2) is 30.3 Å². The molecule has 2 amide bonds. The Labute approximate surface area is 155 Å². The minimum atomic E-state index is -0.105. The van der Waals surface area contributed by atoms with Gasteiger partial charge in [0, 0.05) is 19.6 Å². The second-order valence-corrected chi connectivity index (χ2v) is 6.53. The third kappa shape index (κ3) is 14.5. The molecule has 0 aromatic heterocycles. The van der Waals surface area contributed by atoms with Crippen molar-refractivity contribution in [3.05, 3.63) is 35.9 Å². The van der Waals surface area contributed by atoms with E-state index in [4.69, 9.17) is 5.73 Å². The Morgan fingerprint density at radius 2 is 1.64 bits per heavy atom. The molecule has 1 aliphatic rings. The van der Waals surface area contributed by atoms with Crippen LogP contribution < -0.4 is 16.4 Å². The first-order valence-electron chi connectivity index (χ1n) is 9.84. The van der Waals surface area contributed by atoms with E-state index in [0.717, 1.165) is 18.9 Å². The fourth-order valence-electron chi connectivity index (χ4n) is 2.35. The Hall–Kier alpha value is -1.55. The third-order valence-corrected chi connectivity index (χ3v) is 3.93. The smallest absolute Gasteiger partial charge is 0.314 e. The predicted molar refractivity (Wildman–Crippen MR) is 109 cm³/mol. The molecule has 4 N–H and O–H groups in total. The molecule has 25 heavy (non-hydrogen) atoms. The molecule has 0 aliphatic heterocycles. The number of hydrogen-bond acceptors (Lipinski definition) is 2. The van der Waals surface area contributed by atoms with Gasteiger partial charge >= 0.3 is 6.03 Å². The number of nitrogens with one attached hydrogen (secondary N) is 2. The molecule has 1 aromatic carbocycles. The predicted octanol–water partition coefficient (Wildman–Crippen LogP) is 4.80. The summed E-state index contributed by atoms with van der Waals surface area (Å²) in [4.78, 5) is 10.3. The molecule has 0 saturated heterocycles. The van der Waals surface area contributed by atoms with Gasteiger partial charge in [-0.15, -0.1) is 0 Å². The van der Waals surface area contributed by atoms with Crippen LogP contribution in [0.1, 0.15) is 77.2 Å². The molecule has 1 fully saturated rings. The van der Waals surface area contributed by atoms with E-state index in [1.54, 1.807) is 7.05 Å². The van der Waals surface area contributed by atoms with Crippen molar-refractivity contribution in [2.24, 2.45) is 5.73 Å². The minimum absolute atomic E-state index is 0.105. The van der Waals surface area contributed by atoms with Gasteiger partial charge in [-0.3, -0.25) is 0 Å². The second-order valence-electron chi connectivity index (χ2n) is 6.53. The van der Waals surface area contributed by atoms with Gasteiger partial charge in [0.2, 0.25) is 0 Å². The Morgan fingerprint density at radius 3 is 2.04 bits per heavy atom. The average molecular weight is 350 g/mol.